The largest absolute Gasteiger partial charge is 0.494 e. The molecule has 0 saturated heterocycles. The molecule has 0 aliphatic heterocycles. The number of sulfonamides is 1. The van der Waals surface area contributed by atoms with E-state index in [1.54, 1.807) is 48.5 Å². The van der Waals surface area contributed by atoms with E-state index >= 15 is 0 Å². The topological polar surface area (TPSA) is 114 Å². The number of hydrogen-bond acceptors (Lipinski definition) is 7. The molecule has 0 aliphatic carbocycles. The Balaban J connectivity index is 2.10. The summed E-state index contributed by atoms with van der Waals surface area (Å²) in [5.74, 6) is 0.250. The van der Waals surface area contributed by atoms with Gasteiger partial charge in [-0.3, -0.25) is 13.9 Å². The zero-order valence-electron chi connectivity index (χ0n) is 25.7. The molecule has 0 radical (unpaired) electrons. The van der Waals surface area contributed by atoms with Gasteiger partial charge in [0.25, 0.3) is 10.0 Å². The third-order valence-corrected chi connectivity index (χ3v) is 8.88. The number of rotatable bonds is 16. The van der Waals surface area contributed by atoms with Gasteiger partial charge in [-0.05, 0) is 73.9 Å². The summed E-state index contributed by atoms with van der Waals surface area (Å²) < 4.78 is 45.6. The van der Waals surface area contributed by atoms with Crippen LogP contribution in [0.25, 0.3) is 0 Å². The van der Waals surface area contributed by atoms with Crippen LogP contribution in [0.15, 0.2) is 71.6 Å². The van der Waals surface area contributed by atoms with Crippen molar-refractivity contribution in [3.05, 3.63) is 77.3 Å². The van der Waals surface area contributed by atoms with Crippen molar-refractivity contribution in [1.29, 1.82) is 0 Å². The van der Waals surface area contributed by atoms with Crippen LogP contribution in [0.2, 0.25) is 5.02 Å². The van der Waals surface area contributed by atoms with E-state index in [-0.39, 0.29) is 28.8 Å². The molecule has 10 nitrogen and oxygen atoms in total. The molecule has 0 spiro atoms. The first-order valence-electron chi connectivity index (χ1n) is 14.4. The average molecular weight is 646 g/mol. The monoisotopic (exact) mass is 645 g/mol. The standard InChI is InChI=1S/C32H40ClN3O7S/c1-6-19-34-32(38)28(7-2)35(21-23-9-11-24(33)12-10-23)31(37)22-36(25-13-15-26(16-14-25)43-8-3)44(39,40)27-17-18-29(41-4)30(20-27)42-5/h9-18,20,28H,6-8,19,21-22H2,1-5H3,(H,34,38)/t28-/m1/s1. The van der Waals surface area contributed by atoms with Crippen LogP contribution in [0.5, 0.6) is 17.2 Å². The van der Waals surface area contributed by atoms with Gasteiger partial charge >= 0.3 is 0 Å². The summed E-state index contributed by atoms with van der Waals surface area (Å²) in [6, 6.07) is 16.7. The fourth-order valence-corrected chi connectivity index (χ4v) is 6.14. The maximum absolute atomic E-state index is 14.2. The van der Waals surface area contributed by atoms with Gasteiger partial charge in [-0.2, -0.15) is 0 Å². The van der Waals surface area contributed by atoms with Gasteiger partial charge in [0.1, 0.15) is 18.3 Å². The van der Waals surface area contributed by atoms with Gasteiger partial charge in [0.15, 0.2) is 11.5 Å². The van der Waals surface area contributed by atoms with E-state index in [1.165, 1.54) is 37.3 Å². The Hall–Kier alpha value is -3.96. The first kappa shape index (κ1) is 34.5. The molecule has 0 aromatic heterocycles. The highest BCUT2D eigenvalue weighted by molar-refractivity contribution is 7.92. The van der Waals surface area contributed by atoms with E-state index < -0.39 is 28.5 Å². The lowest BCUT2D eigenvalue weighted by Gasteiger charge is -2.33. The number of ether oxygens (including phenoxy) is 3. The molecular formula is C32H40ClN3O7S. The number of carbonyl (C=O) groups excluding carboxylic acids is 2. The van der Waals surface area contributed by atoms with Crippen molar-refractivity contribution in [3.8, 4) is 17.2 Å². The molecule has 0 saturated carbocycles. The van der Waals surface area contributed by atoms with Gasteiger partial charge in [-0.1, -0.05) is 37.6 Å². The fraction of sp³-hybridized carbons (Fsp3) is 0.375. The van der Waals surface area contributed by atoms with Crippen LogP contribution >= 0.6 is 11.6 Å². The Bertz CT molecular complexity index is 1500. The second kappa shape index (κ2) is 16.2. The van der Waals surface area contributed by atoms with Gasteiger partial charge in [0.2, 0.25) is 11.8 Å². The summed E-state index contributed by atoms with van der Waals surface area (Å²) in [6.07, 6.45) is 1.04. The number of nitrogens with zero attached hydrogens (tertiary/aromatic N) is 2. The molecule has 0 fully saturated rings. The Morgan fingerprint density at radius 3 is 2.14 bits per heavy atom. The molecule has 0 heterocycles. The minimum atomic E-state index is -4.32. The summed E-state index contributed by atoms with van der Waals surface area (Å²) in [5, 5.41) is 3.40. The second-order valence-corrected chi connectivity index (χ2v) is 12.1. The third kappa shape index (κ3) is 8.57. The van der Waals surface area contributed by atoms with E-state index in [0.717, 1.165) is 16.3 Å². The summed E-state index contributed by atoms with van der Waals surface area (Å²) in [6.45, 7) is 5.97. The maximum Gasteiger partial charge on any atom is 0.264 e. The first-order valence-corrected chi connectivity index (χ1v) is 16.2. The number of nitrogens with one attached hydrogen (secondary N) is 1. The molecule has 1 N–H and O–H groups in total. The van der Waals surface area contributed by atoms with Crippen molar-refractivity contribution < 1.29 is 32.2 Å². The van der Waals surface area contributed by atoms with Gasteiger partial charge in [0, 0.05) is 24.2 Å². The van der Waals surface area contributed by atoms with Gasteiger partial charge in [-0.25, -0.2) is 8.42 Å². The molecule has 44 heavy (non-hydrogen) atoms. The summed E-state index contributed by atoms with van der Waals surface area (Å²) in [5.41, 5.74) is 0.978. The van der Waals surface area contributed by atoms with E-state index in [4.69, 9.17) is 25.8 Å². The van der Waals surface area contributed by atoms with Crippen LogP contribution in [0, 0.1) is 0 Å². The predicted octanol–water partition coefficient (Wildman–Crippen LogP) is 5.28. The Kier molecular flexibility index (Phi) is 12.7. The number of methoxy groups -OCH3 is 2. The van der Waals surface area contributed by atoms with E-state index in [1.807, 2.05) is 20.8 Å². The lowest BCUT2D eigenvalue weighted by Crippen LogP contribution is -2.52. The quantitative estimate of drug-likeness (QED) is 0.225. The zero-order chi connectivity index (χ0) is 32.3. The Morgan fingerprint density at radius 2 is 1.57 bits per heavy atom. The number of carbonyl (C=O) groups is 2. The van der Waals surface area contributed by atoms with Crippen molar-refractivity contribution in [2.45, 2.75) is 51.1 Å². The molecule has 2 amide bonds. The highest BCUT2D eigenvalue weighted by Gasteiger charge is 2.34. The van der Waals surface area contributed by atoms with Gasteiger partial charge in [-0.15, -0.1) is 0 Å². The van der Waals surface area contributed by atoms with Gasteiger partial charge < -0.3 is 24.4 Å². The Morgan fingerprint density at radius 1 is 0.909 bits per heavy atom. The lowest BCUT2D eigenvalue weighted by molar-refractivity contribution is -0.140. The van der Waals surface area contributed by atoms with Crippen LogP contribution in [-0.4, -0.2) is 65.1 Å². The second-order valence-electron chi connectivity index (χ2n) is 9.82. The van der Waals surface area contributed by atoms with Gasteiger partial charge in [0.05, 0.1) is 31.4 Å². The van der Waals surface area contributed by atoms with E-state index in [2.05, 4.69) is 5.32 Å². The number of anilines is 1. The van der Waals surface area contributed by atoms with Crippen LogP contribution in [0.1, 0.15) is 39.2 Å². The van der Waals surface area contributed by atoms with Crippen molar-refractivity contribution in [1.82, 2.24) is 10.2 Å². The number of halogens is 1. The summed E-state index contributed by atoms with van der Waals surface area (Å²) in [4.78, 5) is 28.7. The molecule has 12 heteroatoms. The molecule has 0 bridgehead atoms. The van der Waals surface area contributed by atoms with Crippen LogP contribution < -0.4 is 23.8 Å². The smallest absolute Gasteiger partial charge is 0.264 e. The molecular weight excluding hydrogens is 606 g/mol. The van der Waals surface area contributed by atoms with Crippen molar-refractivity contribution >= 4 is 39.1 Å². The van der Waals surface area contributed by atoms with Crippen LogP contribution in [-0.2, 0) is 26.2 Å². The van der Waals surface area contributed by atoms with Crippen LogP contribution in [0.3, 0.4) is 0 Å². The number of hydrogen-bond donors (Lipinski definition) is 1. The van der Waals surface area contributed by atoms with E-state index in [9.17, 15) is 18.0 Å². The molecule has 3 aromatic rings. The lowest BCUT2D eigenvalue weighted by atomic mass is 10.1. The van der Waals surface area contributed by atoms with Crippen molar-refractivity contribution in [2.24, 2.45) is 0 Å². The van der Waals surface area contributed by atoms with Crippen molar-refractivity contribution in [3.63, 3.8) is 0 Å². The average Bonchev–Trinajstić information content (AvgIpc) is 3.03. The highest BCUT2D eigenvalue weighted by Crippen LogP contribution is 2.33. The molecule has 238 valence electrons. The van der Waals surface area contributed by atoms with Crippen molar-refractivity contribution in [2.75, 3.05) is 38.2 Å². The SMILES string of the molecule is CCCNC(=O)[C@@H](CC)N(Cc1ccc(Cl)cc1)C(=O)CN(c1ccc(OCC)cc1)S(=O)(=O)c1ccc(OC)c(OC)c1. The predicted molar refractivity (Wildman–Crippen MR) is 171 cm³/mol. The summed E-state index contributed by atoms with van der Waals surface area (Å²) >= 11 is 6.08. The molecule has 1 atom stereocenters. The van der Waals surface area contributed by atoms with Crippen LogP contribution in [0.4, 0.5) is 5.69 Å². The third-order valence-electron chi connectivity index (χ3n) is 6.86. The molecule has 3 aromatic carbocycles. The zero-order valence-corrected chi connectivity index (χ0v) is 27.3. The molecule has 3 rings (SSSR count). The normalized spacial score (nSPS) is 11.8. The minimum absolute atomic E-state index is 0.0710. The number of benzene rings is 3. The number of amides is 2. The maximum atomic E-state index is 14.2. The molecule has 0 unspecified atom stereocenters. The Labute approximate surface area is 264 Å². The fourth-order valence-electron chi connectivity index (χ4n) is 4.58. The first-order chi connectivity index (χ1) is 21.1. The van der Waals surface area contributed by atoms with E-state index in [0.29, 0.717) is 36.1 Å². The minimum Gasteiger partial charge on any atom is -0.494 e. The summed E-state index contributed by atoms with van der Waals surface area (Å²) in [7, 11) is -1.46. The molecule has 0 aliphatic rings. The highest BCUT2D eigenvalue weighted by atomic mass is 35.5.